The topological polar surface area (TPSA) is 59.1 Å². The number of halogens is 2. The van der Waals surface area contributed by atoms with Crippen molar-refractivity contribution in [3.05, 3.63) is 46.5 Å². The van der Waals surface area contributed by atoms with Crippen molar-refractivity contribution in [3.8, 4) is 0 Å². The van der Waals surface area contributed by atoms with Crippen LogP contribution in [-0.4, -0.2) is 87.1 Å². The second-order valence-electron chi connectivity index (χ2n) is 8.41. The molecule has 2 heterocycles. The molecule has 0 atom stereocenters. The first-order valence-corrected chi connectivity index (χ1v) is 10.9. The molecule has 3 aliphatic rings. The van der Waals surface area contributed by atoms with Crippen molar-refractivity contribution < 1.29 is 19.1 Å². The molecule has 2 fully saturated rings. The molecule has 0 N–H and O–H groups in total. The molecular formula is C24H30Cl2N2O4. The molecule has 8 heteroatoms. The van der Waals surface area contributed by atoms with Gasteiger partial charge in [0, 0.05) is 37.3 Å². The van der Waals surface area contributed by atoms with Crippen LogP contribution in [0, 0.1) is 0 Å². The minimum atomic E-state index is 0. The Kier molecular flexibility index (Phi) is 8.67. The van der Waals surface area contributed by atoms with Crippen LogP contribution in [0.3, 0.4) is 0 Å². The summed E-state index contributed by atoms with van der Waals surface area (Å²) in [5, 5.41) is 2.14. The number of morpholine rings is 2. The zero-order chi connectivity index (χ0) is 20.5. The normalized spacial score (nSPS) is 18.8. The van der Waals surface area contributed by atoms with Crippen LogP contribution in [0.5, 0.6) is 0 Å². The van der Waals surface area contributed by atoms with Crippen LogP contribution in [0.25, 0.3) is 10.8 Å². The smallest absolute Gasteiger partial charge is 0.177 e. The van der Waals surface area contributed by atoms with Gasteiger partial charge in [-0.3, -0.25) is 19.4 Å². The quantitative estimate of drug-likeness (QED) is 0.592. The third-order valence-electron chi connectivity index (χ3n) is 6.56. The van der Waals surface area contributed by atoms with E-state index in [1.54, 1.807) is 0 Å². The van der Waals surface area contributed by atoms with E-state index in [9.17, 15) is 9.59 Å². The van der Waals surface area contributed by atoms with Gasteiger partial charge in [0.2, 0.25) is 0 Å². The number of carbonyl (C=O) groups is 2. The van der Waals surface area contributed by atoms with Crippen molar-refractivity contribution in [2.75, 3.05) is 65.7 Å². The number of ether oxygens (including phenoxy) is 2. The fourth-order valence-electron chi connectivity index (χ4n) is 4.92. The van der Waals surface area contributed by atoms with E-state index in [4.69, 9.17) is 9.47 Å². The van der Waals surface area contributed by atoms with E-state index in [1.807, 2.05) is 18.2 Å². The Morgan fingerprint density at radius 2 is 1.25 bits per heavy atom. The van der Waals surface area contributed by atoms with E-state index < -0.39 is 0 Å². The predicted molar refractivity (Wildman–Crippen MR) is 129 cm³/mol. The van der Waals surface area contributed by atoms with Gasteiger partial charge in [0.15, 0.2) is 11.6 Å². The molecular weight excluding hydrogens is 451 g/mol. The summed E-state index contributed by atoms with van der Waals surface area (Å²) in [6.07, 6.45) is 1.81. The van der Waals surface area contributed by atoms with Gasteiger partial charge in [0.1, 0.15) is 0 Å². The molecule has 0 spiro atoms. The lowest BCUT2D eigenvalue weighted by atomic mass is 9.93. The van der Waals surface area contributed by atoms with Crippen LogP contribution in [0.2, 0.25) is 0 Å². The number of carbonyl (C=O) groups excluding carboxylic acids is 2. The predicted octanol–water partition coefficient (Wildman–Crippen LogP) is 2.81. The number of hydrogen-bond donors (Lipinski definition) is 0. The summed E-state index contributed by atoms with van der Waals surface area (Å²) >= 11 is 0. The molecule has 0 unspecified atom stereocenters. The van der Waals surface area contributed by atoms with E-state index >= 15 is 0 Å². The average Bonchev–Trinajstić information content (AvgIpc) is 3.21. The summed E-state index contributed by atoms with van der Waals surface area (Å²) in [5.74, 6) is 0.320. The molecule has 2 aromatic carbocycles. The van der Waals surface area contributed by atoms with Crippen LogP contribution in [0.1, 0.15) is 31.8 Å². The molecule has 2 saturated heterocycles. The lowest BCUT2D eigenvalue weighted by Gasteiger charge is -2.26. The minimum absolute atomic E-state index is 0. The Bertz CT molecular complexity index is 986. The lowest BCUT2D eigenvalue weighted by Crippen LogP contribution is -2.39. The minimum Gasteiger partial charge on any atom is -0.379 e. The molecule has 6 nitrogen and oxygen atoms in total. The van der Waals surface area contributed by atoms with Gasteiger partial charge in [-0.15, -0.1) is 24.8 Å². The highest BCUT2D eigenvalue weighted by Gasteiger charge is 2.26. The molecule has 2 aromatic rings. The number of rotatable bonds is 6. The van der Waals surface area contributed by atoms with Gasteiger partial charge in [0.25, 0.3) is 0 Å². The van der Waals surface area contributed by atoms with Gasteiger partial charge in [-0.2, -0.15) is 0 Å². The summed E-state index contributed by atoms with van der Waals surface area (Å²) in [6, 6.07) is 8.00. The Balaban J connectivity index is 0.00000144. The molecule has 5 rings (SSSR count). The van der Waals surface area contributed by atoms with Crippen LogP contribution >= 0.6 is 24.8 Å². The van der Waals surface area contributed by atoms with E-state index in [0.29, 0.717) is 39.5 Å². The van der Waals surface area contributed by atoms with Crippen LogP contribution < -0.4 is 0 Å². The molecule has 0 saturated carbocycles. The highest BCUT2D eigenvalue weighted by Crippen LogP contribution is 2.35. The molecule has 32 heavy (non-hydrogen) atoms. The maximum atomic E-state index is 13.1. The first kappa shape index (κ1) is 25.1. The van der Waals surface area contributed by atoms with Crippen molar-refractivity contribution in [3.63, 3.8) is 0 Å². The Hall–Kier alpha value is -1.54. The molecule has 0 bridgehead atoms. The summed E-state index contributed by atoms with van der Waals surface area (Å²) < 4.78 is 10.8. The SMILES string of the molecule is Cl.Cl.O=C(CN1CCOCC1)c1ccc2c(C(=O)CN3CCOCC3)ccc3c2c1CC3. The number of nitrogens with zero attached hydrogens (tertiary/aromatic N) is 2. The monoisotopic (exact) mass is 480 g/mol. The second-order valence-corrected chi connectivity index (χ2v) is 8.41. The van der Waals surface area contributed by atoms with Crippen molar-refractivity contribution in [1.29, 1.82) is 0 Å². The van der Waals surface area contributed by atoms with Gasteiger partial charge < -0.3 is 9.47 Å². The molecule has 174 valence electrons. The zero-order valence-electron chi connectivity index (χ0n) is 18.1. The molecule has 0 aromatic heterocycles. The number of ketones is 2. The van der Waals surface area contributed by atoms with Crippen molar-refractivity contribution >= 4 is 47.2 Å². The van der Waals surface area contributed by atoms with Crippen LogP contribution in [-0.2, 0) is 22.3 Å². The standard InChI is InChI=1S/C24H28N2O4.2ClH/c27-22(15-25-7-11-29-12-8-25)18-3-1-17-2-4-20-19(5-6-21(18)24(17)20)23(28)16-26-9-13-30-14-10-26;;/h1,3,5-6H,2,4,7-16H2;2*1H. The third kappa shape index (κ3) is 5.01. The van der Waals surface area contributed by atoms with E-state index in [0.717, 1.165) is 66.5 Å². The van der Waals surface area contributed by atoms with Crippen molar-refractivity contribution in [2.45, 2.75) is 12.8 Å². The molecule has 2 aliphatic heterocycles. The first-order valence-electron chi connectivity index (χ1n) is 10.9. The highest BCUT2D eigenvalue weighted by molar-refractivity contribution is 6.13. The number of aryl methyl sites for hydroxylation is 2. The summed E-state index contributed by atoms with van der Waals surface area (Å²) in [7, 11) is 0. The van der Waals surface area contributed by atoms with E-state index in [1.165, 1.54) is 5.56 Å². The van der Waals surface area contributed by atoms with Gasteiger partial charge in [-0.1, -0.05) is 24.3 Å². The maximum Gasteiger partial charge on any atom is 0.177 e. The lowest BCUT2D eigenvalue weighted by molar-refractivity contribution is 0.0368. The van der Waals surface area contributed by atoms with Gasteiger partial charge in [-0.05, 0) is 34.7 Å². The highest BCUT2D eigenvalue weighted by atomic mass is 35.5. The summed E-state index contributed by atoms with van der Waals surface area (Å²) in [6.45, 7) is 6.82. The Morgan fingerprint density at radius 1 is 0.719 bits per heavy atom. The molecule has 0 amide bonds. The van der Waals surface area contributed by atoms with Crippen molar-refractivity contribution in [2.24, 2.45) is 0 Å². The zero-order valence-corrected chi connectivity index (χ0v) is 19.8. The number of benzene rings is 2. The van der Waals surface area contributed by atoms with E-state index in [2.05, 4.69) is 15.9 Å². The fraction of sp³-hybridized carbons (Fsp3) is 0.500. The molecule has 1 aliphatic carbocycles. The summed E-state index contributed by atoms with van der Waals surface area (Å²) in [5.41, 5.74) is 3.98. The largest absolute Gasteiger partial charge is 0.379 e. The third-order valence-corrected chi connectivity index (χ3v) is 6.56. The van der Waals surface area contributed by atoms with E-state index in [-0.39, 0.29) is 36.4 Å². The summed E-state index contributed by atoms with van der Waals surface area (Å²) in [4.78, 5) is 30.5. The van der Waals surface area contributed by atoms with Gasteiger partial charge >= 0.3 is 0 Å². The van der Waals surface area contributed by atoms with Crippen molar-refractivity contribution in [1.82, 2.24) is 9.80 Å². The first-order chi connectivity index (χ1) is 14.7. The second kappa shape index (κ2) is 11.1. The number of Topliss-reactive ketones (excluding diaryl/α,β-unsaturated/α-hetero) is 2. The van der Waals surface area contributed by atoms with Gasteiger partial charge in [-0.25, -0.2) is 0 Å². The Labute approximate surface area is 201 Å². The van der Waals surface area contributed by atoms with Crippen LogP contribution in [0.4, 0.5) is 0 Å². The maximum absolute atomic E-state index is 13.1. The Morgan fingerprint density at radius 3 is 1.84 bits per heavy atom. The van der Waals surface area contributed by atoms with Gasteiger partial charge in [0.05, 0.1) is 39.5 Å². The average molecular weight is 481 g/mol. The number of hydrogen-bond acceptors (Lipinski definition) is 6. The molecule has 0 radical (unpaired) electrons. The fourth-order valence-corrected chi connectivity index (χ4v) is 4.92. The van der Waals surface area contributed by atoms with Crippen LogP contribution in [0.15, 0.2) is 24.3 Å².